The van der Waals surface area contributed by atoms with Crippen molar-refractivity contribution in [1.82, 2.24) is 9.21 Å². The van der Waals surface area contributed by atoms with Crippen LogP contribution in [0.2, 0.25) is 0 Å². The number of hydrogen-bond acceptors (Lipinski definition) is 5. The van der Waals surface area contributed by atoms with E-state index in [1.54, 1.807) is 22.5 Å². The molecule has 180 valence electrons. The van der Waals surface area contributed by atoms with Gasteiger partial charge in [-0.25, -0.2) is 8.42 Å². The number of carbonyl (C=O) groups is 1. The maximum absolute atomic E-state index is 13.1. The summed E-state index contributed by atoms with van der Waals surface area (Å²) in [6.45, 7) is 8.14. The Morgan fingerprint density at radius 2 is 1.61 bits per heavy atom. The molecule has 33 heavy (non-hydrogen) atoms. The Balaban J connectivity index is 1.82. The lowest BCUT2D eigenvalue weighted by molar-refractivity contribution is 0.102. The Bertz CT molecular complexity index is 1040. The predicted octanol–water partition coefficient (Wildman–Crippen LogP) is 4.02. The summed E-state index contributed by atoms with van der Waals surface area (Å²) >= 11 is 0. The van der Waals surface area contributed by atoms with Gasteiger partial charge in [-0.2, -0.15) is 4.31 Å². The normalized spacial score (nSPS) is 14.9. The van der Waals surface area contributed by atoms with Gasteiger partial charge in [0.2, 0.25) is 10.0 Å². The standard InChI is InChI=1S/C25H36N4O3S/c1-5-28(6-2)19-20-10-12-21(13-11-20)25(30)26-23-18-22(14-15-24(23)27(3)4)33(31,32)29-16-8-7-9-17-29/h10-15,18H,5-9,16-17,19H2,1-4H3,(H,26,30). The van der Waals surface area contributed by atoms with Crippen LogP contribution in [0.5, 0.6) is 0 Å². The van der Waals surface area contributed by atoms with Crippen LogP contribution in [0.25, 0.3) is 0 Å². The topological polar surface area (TPSA) is 73.0 Å². The fourth-order valence-electron chi connectivity index (χ4n) is 4.08. The number of carbonyl (C=O) groups excluding carboxylic acids is 1. The molecule has 8 heteroatoms. The van der Waals surface area contributed by atoms with Crippen LogP contribution in [0.3, 0.4) is 0 Å². The van der Waals surface area contributed by atoms with Gasteiger partial charge in [0.1, 0.15) is 0 Å². The smallest absolute Gasteiger partial charge is 0.255 e. The Kier molecular flexibility index (Phi) is 8.51. The lowest BCUT2D eigenvalue weighted by Crippen LogP contribution is -2.35. The summed E-state index contributed by atoms with van der Waals surface area (Å²) in [4.78, 5) is 17.4. The first-order chi connectivity index (χ1) is 15.8. The van der Waals surface area contributed by atoms with Crippen LogP contribution in [0.1, 0.15) is 49.0 Å². The summed E-state index contributed by atoms with van der Waals surface area (Å²) in [6, 6.07) is 12.5. The molecule has 0 unspecified atom stereocenters. The molecule has 1 aliphatic rings. The fraction of sp³-hybridized carbons (Fsp3) is 0.480. The molecule has 0 saturated carbocycles. The molecule has 0 aliphatic carbocycles. The van der Waals surface area contributed by atoms with E-state index in [0.29, 0.717) is 24.3 Å². The van der Waals surface area contributed by atoms with Crippen LogP contribution >= 0.6 is 0 Å². The molecule has 0 atom stereocenters. The number of nitrogens with zero attached hydrogens (tertiary/aromatic N) is 3. The molecule has 0 aromatic heterocycles. The van der Waals surface area contributed by atoms with Gasteiger partial charge in [-0.15, -0.1) is 0 Å². The molecule has 2 aromatic carbocycles. The number of benzene rings is 2. The predicted molar refractivity (Wildman–Crippen MR) is 134 cm³/mol. The molecule has 1 heterocycles. The van der Waals surface area contributed by atoms with Crippen molar-refractivity contribution in [2.45, 2.75) is 44.6 Å². The Morgan fingerprint density at radius 1 is 0.970 bits per heavy atom. The summed E-state index contributed by atoms with van der Waals surface area (Å²) in [5.74, 6) is -0.264. The number of anilines is 2. The largest absolute Gasteiger partial charge is 0.376 e. The van der Waals surface area contributed by atoms with Gasteiger partial charge < -0.3 is 10.2 Å². The third-order valence-electron chi connectivity index (χ3n) is 6.17. The van der Waals surface area contributed by atoms with Gasteiger partial charge >= 0.3 is 0 Å². The lowest BCUT2D eigenvalue weighted by Gasteiger charge is -2.26. The monoisotopic (exact) mass is 472 g/mol. The van der Waals surface area contributed by atoms with Crippen LogP contribution in [0.4, 0.5) is 11.4 Å². The fourth-order valence-corrected chi connectivity index (χ4v) is 5.63. The van der Waals surface area contributed by atoms with Gasteiger partial charge in [-0.05, 0) is 61.8 Å². The highest BCUT2D eigenvalue weighted by molar-refractivity contribution is 7.89. The summed E-state index contributed by atoms with van der Waals surface area (Å²) in [5.41, 5.74) is 2.92. The first-order valence-corrected chi connectivity index (χ1v) is 13.1. The van der Waals surface area contributed by atoms with E-state index in [1.165, 1.54) is 0 Å². The van der Waals surface area contributed by atoms with Crippen molar-refractivity contribution in [1.29, 1.82) is 0 Å². The molecule has 2 aromatic rings. The van der Waals surface area contributed by atoms with E-state index < -0.39 is 10.0 Å². The van der Waals surface area contributed by atoms with Crippen molar-refractivity contribution in [2.24, 2.45) is 0 Å². The van der Waals surface area contributed by atoms with Crippen molar-refractivity contribution in [3.8, 4) is 0 Å². The van der Waals surface area contributed by atoms with Crippen LogP contribution < -0.4 is 10.2 Å². The minimum atomic E-state index is -3.59. The zero-order chi connectivity index (χ0) is 24.0. The van der Waals surface area contributed by atoms with E-state index in [4.69, 9.17) is 0 Å². The second kappa shape index (κ2) is 11.1. The quantitative estimate of drug-likeness (QED) is 0.597. The average molecular weight is 473 g/mol. The molecule has 7 nitrogen and oxygen atoms in total. The number of hydrogen-bond donors (Lipinski definition) is 1. The molecule has 0 bridgehead atoms. The Labute approximate surface area is 198 Å². The maximum atomic E-state index is 13.1. The van der Waals surface area contributed by atoms with Crippen LogP contribution in [0, 0.1) is 0 Å². The first kappa shape index (κ1) is 25.2. The molecule has 1 fully saturated rings. The average Bonchev–Trinajstić information content (AvgIpc) is 2.83. The molecule has 1 amide bonds. The maximum Gasteiger partial charge on any atom is 0.255 e. The minimum absolute atomic E-state index is 0.208. The SMILES string of the molecule is CCN(CC)Cc1ccc(C(=O)Nc2cc(S(=O)(=O)N3CCCCC3)ccc2N(C)C)cc1. The molecule has 1 saturated heterocycles. The highest BCUT2D eigenvalue weighted by Crippen LogP contribution is 2.30. The van der Waals surface area contributed by atoms with Crippen molar-refractivity contribution in [3.05, 3.63) is 53.6 Å². The van der Waals surface area contributed by atoms with Gasteiger partial charge in [0.15, 0.2) is 0 Å². The second-order valence-corrected chi connectivity index (χ2v) is 10.6. The van der Waals surface area contributed by atoms with Gasteiger partial charge in [0, 0.05) is 39.3 Å². The number of piperidine rings is 1. The molecule has 3 rings (SSSR count). The van der Waals surface area contributed by atoms with Crippen molar-refractivity contribution < 1.29 is 13.2 Å². The Morgan fingerprint density at radius 3 is 2.18 bits per heavy atom. The molecular formula is C25H36N4O3S. The molecule has 0 radical (unpaired) electrons. The molecule has 0 spiro atoms. The minimum Gasteiger partial charge on any atom is -0.376 e. The first-order valence-electron chi connectivity index (χ1n) is 11.7. The van der Waals surface area contributed by atoms with E-state index in [1.807, 2.05) is 43.3 Å². The zero-order valence-electron chi connectivity index (χ0n) is 20.2. The summed E-state index contributed by atoms with van der Waals surface area (Å²) in [7, 11) is 0.143. The molecule has 1 aliphatic heterocycles. The molecule has 1 N–H and O–H groups in total. The number of nitrogens with one attached hydrogen (secondary N) is 1. The van der Waals surface area contributed by atoms with Gasteiger partial charge in [0.05, 0.1) is 16.3 Å². The highest BCUT2D eigenvalue weighted by Gasteiger charge is 2.27. The number of sulfonamides is 1. The van der Waals surface area contributed by atoms with E-state index in [-0.39, 0.29) is 10.8 Å². The third kappa shape index (κ3) is 6.13. The number of amides is 1. The summed E-state index contributed by atoms with van der Waals surface area (Å²) < 4.78 is 27.8. The lowest BCUT2D eigenvalue weighted by atomic mass is 10.1. The Hall–Kier alpha value is -2.42. The van der Waals surface area contributed by atoms with E-state index in [0.717, 1.165) is 50.1 Å². The van der Waals surface area contributed by atoms with E-state index >= 15 is 0 Å². The zero-order valence-corrected chi connectivity index (χ0v) is 21.0. The van der Waals surface area contributed by atoms with E-state index in [2.05, 4.69) is 24.1 Å². The highest BCUT2D eigenvalue weighted by atomic mass is 32.2. The van der Waals surface area contributed by atoms with Gasteiger partial charge in [-0.3, -0.25) is 9.69 Å². The molecular weight excluding hydrogens is 436 g/mol. The van der Waals surface area contributed by atoms with Crippen LogP contribution in [0.15, 0.2) is 47.4 Å². The van der Waals surface area contributed by atoms with Gasteiger partial charge in [-0.1, -0.05) is 32.4 Å². The van der Waals surface area contributed by atoms with Gasteiger partial charge in [0.25, 0.3) is 5.91 Å². The van der Waals surface area contributed by atoms with E-state index in [9.17, 15) is 13.2 Å². The van der Waals surface area contributed by atoms with Crippen molar-refractivity contribution in [2.75, 3.05) is 50.5 Å². The number of rotatable bonds is 9. The van der Waals surface area contributed by atoms with Crippen LogP contribution in [-0.2, 0) is 16.6 Å². The van der Waals surface area contributed by atoms with Crippen LogP contribution in [-0.4, -0.2) is 63.8 Å². The van der Waals surface area contributed by atoms with Crippen molar-refractivity contribution in [3.63, 3.8) is 0 Å². The third-order valence-corrected chi connectivity index (χ3v) is 8.06. The second-order valence-electron chi connectivity index (χ2n) is 8.65. The van der Waals surface area contributed by atoms with Crippen molar-refractivity contribution >= 4 is 27.3 Å². The summed E-state index contributed by atoms with van der Waals surface area (Å²) in [5, 5.41) is 2.93. The summed E-state index contributed by atoms with van der Waals surface area (Å²) in [6.07, 6.45) is 2.81.